The summed E-state index contributed by atoms with van der Waals surface area (Å²) in [5, 5.41) is 14.9. The summed E-state index contributed by atoms with van der Waals surface area (Å²) in [5.74, 6) is 0.539. The van der Waals surface area contributed by atoms with E-state index in [0.717, 1.165) is 61.6 Å². The van der Waals surface area contributed by atoms with Crippen molar-refractivity contribution in [1.29, 1.82) is 0 Å². The van der Waals surface area contributed by atoms with Crippen molar-refractivity contribution < 1.29 is 18.9 Å². The van der Waals surface area contributed by atoms with Gasteiger partial charge >= 0.3 is 6.09 Å². The average molecular weight is 475 g/mol. The van der Waals surface area contributed by atoms with Crippen molar-refractivity contribution >= 4 is 25.4 Å². The number of hydrogen-bond donors (Lipinski definition) is 1. The first-order chi connectivity index (χ1) is 15.5. The first-order valence-corrected chi connectivity index (χ1v) is 15.4. The van der Waals surface area contributed by atoms with Gasteiger partial charge in [-0.3, -0.25) is 0 Å². The van der Waals surface area contributed by atoms with Crippen LogP contribution in [0.5, 0.6) is 0 Å². The second-order valence-corrected chi connectivity index (χ2v) is 15.9. The molecule has 1 aromatic carbocycles. The molecule has 7 heteroatoms. The molecule has 6 nitrogen and oxygen atoms in total. The van der Waals surface area contributed by atoms with Crippen LogP contribution in [-0.4, -0.2) is 42.7 Å². The van der Waals surface area contributed by atoms with Gasteiger partial charge in [0.05, 0.1) is 12.3 Å². The number of piperidine rings is 1. The third-order valence-corrected chi connectivity index (χ3v) is 12.3. The lowest BCUT2D eigenvalue weighted by atomic mass is 9.91. The molecule has 184 valence electrons. The first kappa shape index (κ1) is 25.8. The van der Waals surface area contributed by atoms with Crippen LogP contribution in [0.1, 0.15) is 76.6 Å². The van der Waals surface area contributed by atoms with E-state index in [-0.39, 0.29) is 5.04 Å². The van der Waals surface area contributed by atoms with E-state index in [4.69, 9.17) is 14.1 Å². The second-order valence-electron chi connectivity index (χ2n) is 11.1. The Bertz CT molecular complexity index is 940. The fourth-order valence-electron chi connectivity index (χ4n) is 4.31. The quantitative estimate of drug-likeness (QED) is 0.395. The van der Waals surface area contributed by atoms with Gasteiger partial charge in [-0.2, -0.15) is 0 Å². The van der Waals surface area contributed by atoms with Crippen LogP contribution in [0.4, 0.5) is 4.79 Å². The van der Waals surface area contributed by atoms with Gasteiger partial charge in [0, 0.05) is 24.0 Å². The zero-order valence-electron chi connectivity index (χ0n) is 21.4. The van der Waals surface area contributed by atoms with E-state index in [1.54, 1.807) is 0 Å². The molecule has 1 N–H and O–H groups in total. The SMILES string of the molecule is CCCCc1ccc2c(CCC3CCN(C(=O)O)CC3)noc2c1CO[Si](C)(C)C(C)(C)C. The summed E-state index contributed by atoms with van der Waals surface area (Å²) in [4.78, 5) is 12.7. The fraction of sp³-hybridized carbons (Fsp3) is 0.692. The number of benzene rings is 1. The van der Waals surface area contributed by atoms with Gasteiger partial charge < -0.3 is 19.0 Å². The molecule has 1 saturated heterocycles. The molecule has 0 aliphatic carbocycles. The highest BCUT2D eigenvalue weighted by atomic mass is 28.4. The Morgan fingerprint density at radius 2 is 1.94 bits per heavy atom. The molecule has 0 spiro atoms. The summed E-state index contributed by atoms with van der Waals surface area (Å²) < 4.78 is 12.5. The molecule has 0 unspecified atom stereocenters. The smallest absolute Gasteiger partial charge is 0.407 e. The highest BCUT2D eigenvalue weighted by molar-refractivity contribution is 6.74. The van der Waals surface area contributed by atoms with E-state index in [2.05, 4.69) is 58.1 Å². The average Bonchev–Trinajstić information content (AvgIpc) is 3.17. The van der Waals surface area contributed by atoms with Crippen LogP contribution in [0.25, 0.3) is 11.0 Å². The van der Waals surface area contributed by atoms with Crippen molar-refractivity contribution in [1.82, 2.24) is 10.1 Å². The number of carboxylic acid groups (broad SMARTS) is 1. The van der Waals surface area contributed by atoms with Gasteiger partial charge in [0.2, 0.25) is 0 Å². The zero-order chi connectivity index (χ0) is 24.2. The highest BCUT2D eigenvalue weighted by Crippen LogP contribution is 2.38. The number of aryl methyl sites for hydroxylation is 2. The number of fused-ring (bicyclic) bond motifs is 1. The lowest BCUT2D eigenvalue weighted by Gasteiger charge is -2.36. The minimum Gasteiger partial charge on any atom is -0.465 e. The molecule has 1 aliphatic rings. The third kappa shape index (κ3) is 6.18. The Hall–Kier alpha value is -1.86. The van der Waals surface area contributed by atoms with Crippen molar-refractivity contribution in [2.75, 3.05) is 13.1 Å². The van der Waals surface area contributed by atoms with E-state index < -0.39 is 14.4 Å². The molecule has 2 heterocycles. The summed E-state index contributed by atoms with van der Waals surface area (Å²) in [6.07, 6.45) is 6.26. The van der Waals surface area contributed by atoms with Crippen LogP contribution in [0.15, 0.2) is 16.7 Å². The molecular weight excluding hydrogens is 432 g/mol. The van der Waals surface area contributed by atoms with E-state index in [1.165, 1.54) is 16.0 Å². The van der Waals surface area contributed by atoms with Gasteiger partial charge in [-0.1, -0.05) is 45.3 Å². The first-order valence-electron chi connectivity index (χ1n) is 12.5. The lowest BCUT2D eigenvalue weighted by Crippen LogP contribution is -2.40. The predicted octanol–water partition coefficient (Wildman–Crippen LogP) is 7.01. The molecule has 1 aliphatic heterocycles. The van der Waals surface area contributed by atoms with Crippen LogP contribution in [-0.2, 0) is 23.9 Å². The van der Waals surface area contributed by atoms with Crippen LogP contribution >= 0.6 is 0 Å². The summed E-state index contributed by atoms with van der Waals surface area (Å²) in [6.45, 7) is 15.5. The maximum absolute atomic E-state index is 11.1. The molecule has 0 radical (unpaired) electrons. The van der Waals surface area contributed by atoms with Crippen molar-refractivity contribution in [2.45, 2.75) is 97.4 Å². The van der Waals surface area contributed by atoms with Gasteiger partial charge in [0.25, 0.3) is 0 Å². The molecule has 1 aromatic heterocycles. The summed E-state index contributed by atoms with van der Waals surface area (Å²) in [6, 6.07) is 4.42. The number of likely N-dealkylation sites (tertiary alicyclic amines) is 1. The van der Waals surface area contributed by atoms with E-state index in [0.29, 0.717) is 25.6 Å². The maximum Gasteiger partial charge on any atom is 0.407 e. The third-order valence-electron chi connectivity index (χ3n) is 7.77. The Morgan fingerprint density at radius 1 is 1.24 bits per heavy atom. The maximum atomic E-state index is 11.1. The number of hydrogen-bond acceptors (Lipinski definition) is 4. The van der Waals surface area contributed by atoms with Crippen molar-refractivity contribution in [3.63, 3.8) is 0 Å². The predicted molar refractivity (Wildman–Crippen MR) is 135 cm³/mol. The molecule has 3 rings (SSSR count). The zero-order valence-corrected chi connectivity index (χ0v) is 22.4. The molecule has 1 fully saturated rings. The van der Waals surface area contributed by atoms with Gasteiger partial charge in [0.15, 0.2) is 13.9 Å². The molecule has 0 atom stereocenters. The molecule has 0 bridgehead atoms. The Balaban J connectivity index is 1.76. The minimum atomic E-state index is -1.88. The van der Waals surface area contributed by atoms with E-state index >= 15 is 0 Å². The molecule has 33 heavy (non-hydrogen) atoms. The van der Waals surface area contributed by atoms with Crippen molar-refractivity contribution in [3.05, 3.63) is 29.0 Å². The van der Waals surface area contributed by atoms with Crippen LogP contribution in [0.2, 0.25) is 18.1 Å². The summed E-state index contributed by atoms with van der Waals surface area (Å²) in [5.41, 5.74) is 4.38. The lowest BCUT2D eigenvalue weighted by molar-refractivity contribution is 0.123. The minimum absolute atomic E-state index is 0.160. The molecular formula is C26H42N2O4Si. The number of rotatable bonds is 9. The Morgan fingerprint density at radius 3 is 2.55 bits per heavy atom. The Kier molecular flexibility index (Phi) is 8.27. The van der Waals surface area contributed by atoms with Crippen molar-refractivity contribution in [3.8, 4) is 0 Å². The fourth-order valence-corrected chi connectivity index (χ4v) is 5.25. The largest absolute Gasteiger partial charge is 0.465 e. The number of aromatic nitrogens is 1. The number of amides is 1. The number of unbranched alkanes of at least 4 members (excludes halogenated alkanes) is 1. The van der Waals surface area contributed by atoms with Crippen LogP contribution < -0.4 is 0 Å². The second kappa shape index (κ2) is 10.6. The van der Waals surface area contributed by atoms with Gasteiger partial charge in [0.1, 0.15) is 0 Å². The topological polar surface area (TPSA) is 75.8 Å². The van der Waals surface area contributed by atoms with Gasteiger partial charge in [-0.15, -0.1) is 0 Å². The summed E-state index contributed by atoms with van der Waals surface area (Å²) in [7, 11) is -1.88. The summed E-state index contributed by atoms with van der Waals surface area (Å²) >= 11 is 0. The molecule has 2 aromatic rings. The van der Waals surface area contributed by atoms with E-state index in [1.807, 2.05) is 0 Å². The number of nitrogens with zero attached hydrogens (tertiary/aromatic N) is 2. The van der Waals surface area contributed by atoms with Gasteiger partial charge in [-0.25, -0.2) is 4.79 Å². The molecule has 0 saturated carbocycles. The van der Waals surface area contributed by atoms with Crippen LogP contribution in [0.3, 0.4) is 0 Å². The Labute approximate surface area is 199 Å². The normalized spacial score (nSPS) is 16.0. The monoisotopic (exact) mass is 474 g/mol. The highest BCUT2D eigenvalue weighted by Gasteiger charge is 2.37. The standard InChI is InChI=1S/C26H42N2O4Si/c1-7-8-9-20-11-12-21-23(13-10-19-14-16-28(17-15-19)25(29)30)27-32-24(21)22(20)18-31-33(5,6)26(2,3)4/h11-12,19H,7-10,13-18H2,1-6H3,(H,29,30). The number of carbonyl (C=O) groups is 1. The van der Waals surface area contributed by atoms with Crippen LogP contribution in [0, 0.1) is 5.92 Å². The van der Waals surface area contributed by atoms with Gasteiger partial charge in [-0.05, 0) is 74.2 Å². The molecule has 1 amide bonds. The van der Waals surface area contributed by atoms with E-state index in [9.17, 15) is 4.79 Å². The van der Waals surface area contributed by atoms with Crippen molar-refractivity contribution in [2.24, 2.45) is 5.92 Å².